The van der Waals surface area contributed by atoms with E-state index in [1.807, 2.05) is 6.07 Å². The minimum Gasteiger partial charge on any atom is -0.494 e. The van der Waals surface area contributed by atoms with Crippen LogP contribution in [-0.2, 0) is 9.47 Å². The van der Waals surface area contributed by atoms with Crippen LogP contribution in [0.1, 0.15) is 10.4 Å². The van der Waals surface area contributed by atoms with Crippen molar-refractivity contribution in [1.82, 2.24) is 0 Å². The van der Waals surface area contributed by atoms with Crippen LogP contribution in [-0.4, -0.2) is 33.4 Å². The van der Waals surface area contributed by atoms with Crippen molar-refractivity contribution < 1.29 is 23.8 Å². The maximum Gasteiger partial charge on any atom is 0.452 e. The van der Waals surface area contributed by atoms with E-state index in [9.17, 15) is 9.59 Å². The Morgan fingerprint density at radius 2 is 1.72 bits per heavy atom. The average molecular weight is 343 g/mol. The highest BCUT2D eigenvalue weighted by atomic mass is 16.5. The van der Waals surface area contributed by atoms with Crippen molar-refractivity contribution in [2.24, 2.45) is 10.2 Å². The molecule has 0 unspecified atom stereocenters. The van der Waals surface area contributed by atoms with Crippen molar-refractivity contribution in [2.45, 2.75) is 0 Å². The summed E-state index contributed by atoms with van der Waals surface area (Å²) in [4.78, 5) is 22.6. The van der Waals surface area contributed by atoms with Gasteiger partial charge in [0.05, 0.1) is 26.9 Å². The molecule has 0 fully saturated rings. The van der Waals surface area contributed by atoms with Gasteiger partial charge in [0.25, 0.3) is 0 Å². The number of rotatable bonds is 5. The summed E-state index contributed by atoms with van der Waals surface area (Å²) in [5, 5.41) is 10.3. The molecule has 8 nitrogen and oxygen atoms in total. The molecule has 0 aromatic heterocycles. The van der Waals surface area contributed by atoms with E-state index < -0.39 is 12.1 Å². The van der Waals surface area contributed by atoms with E-state index in [-0.39, 0.29) is 0 Å². The highest BCUT2D eigenvalue weighted by Crippen LogP contribution is 2.32. The van der Waals surface area contributed by atoms with Crippen LogP contribution >= 0.6 is 0 Å². The third-order valence-corrected chi connectivity index (χ3v) is 3.17. The number of anilines is 2. The molecule has 0 aliphatic rings. The van der Waals surface area contributed by atoms with E-state index in [4.69, 9.17) is 9.47 Å². The number of carbonyl (C=O) groups is 2. The molecule has 0 saturated carbocycles. The summed E-state index contributed by atoms with van der Waals surface area (Å²) in [6.45, 7) is 0. The zero-order valence-electron chi connectivity index (χ0n) is 14.0. The molecule has 1 N–H and O–H groups in total. The van der Waals surface area contributed by atoms with E-state index in [2.05, 4.69) is 20.3 Å². The summed E-state index contributed by atoms with van der Waals surface area (Å²) in [7, 11) is 4.02. The van der Waals surface area contributed by atoms with Crippen molar-refractivity contribution in [1.29, 1.82) is 0 Å². The predicted molar refractivity (Wildman–Crippen MR) is 91.0 cm³/mol. The molecule has 0 radical (unpaired) electrons. The molecule has 0 aliphatic carbocycles. The molecule has 2 aromatic rings. The SMILES string of the molecule is COC(=O)N=Nc1ccc(Nc2cccc(C(=O)OC)c2)cc1OC. The standard InChI is InChI=1S/C17H17N3O5/c1-23-15-10-13(7-8-14(15)19-20-17(22)25-3)18-12-6-4-5-11(9-12)16(21)24-2/h4-10,18H,1-3H3. The van der Waals surface area contributed by atoms with Crippen LogP contribution in [0.4, 0.5) is 21.9 Å². The van der Waals surface area contributed by atoms with Crippen LogP contribution in [0.2, 0.25) is 0 Å². The Morgan fingerprint density at radius 1 is 0.960 bits per heavy atom. The number of methoxy groups -OCH3 is 3. The number of benzene rings is 2. The molecule has 8 heteroatoms. The molecule has 0 saturated heterocycles. The van der Waals surface area contributed by atoms with E-state index in [0.717, 1.165) is 0 Å². The molecular formula is C17H17N3O5. The van der Waals surface area contributed by atoms with Crippen molar-refractivity contribution in [3.8, 4) is 5.75 Å². The highest BCUT2D eigenvalue weighted by Gasteiger charge is 2.08. The van der Waals surface area contributed by atoms with Crippen molar-refractivity contribution in [3.63, 3.8) is 0 Å². The molecule has 1 amide bonds. The fourth-order valence-corrected chi connectivity index (χ4v) is 1.98. The molecule has 2 rings (SSSR count). The molecule has 0 heterocycles. The fourth-order valence-electron chi connectivity index (χ4n) is 1.98. The highest BCUT2D eigenvalue weighted by molar-refractivity contribution is 5.90. The smallest absolute Gasteiger partial charge is 0.452 e. The second-order valence-electron chi connectivity index (χ2n) is 4.75. The summed E-state index contributed by atoms with van der Waals surface area (Å²) in [6, 6.07) is 11.9. The van der Waals surface area contributed by atoms with Gasteiger partial charge in [0.15, 0.2) is 0 Å². The fraction of sp³-hybridized carbons (Fsp3) is 0.176. The van der Waals surface area contributed by atoms with Gasteiger partial charge < -0.3 is 19.5 Å². The number of nitrogens with zero attached hydrogens (tertiary/aromatic N) is 2. The number of nitrogens with one attached hydrogen (secondary N) is 1. The maximum absolute atomic E-state index is 11.6. The minimum atomic E-state index is -0.802. The molecule has 0 bridgehead atoms. The van der Waals surface area contributed by atoms with Gasteiger partial charge in [-0.3, -0.25) is 0 Å². The normalized spacial score (nSPS) is 10.4. The molecule has 2 aromatic carbocycles. The summed E-state index contributed by atoms with van der Waals surface area (Å²) >= 11 is 0. The van der Waals surface area contributed by atoms with E-state index >= 15 is 0 Å². The number of hydrogen-bond donors (Lipinski definition) is 1. The van der Waals surface area contributed by atoms with Crippen LogP contribution in [0.15, 0.2) is 52.7 Å². The summed E-state index contributed by atoms with van der Waals surface area (Å²) in [5.41, 5.74) is 2.22. The predicted octanol–water partition coefficient (Wildman–Crippen LogP) is 4.08. The van der Waals surface area contributed by atoms with Gasteiger partial charge in [0.2, 0.25) is 0 Å². The lowest BCUT2D eigenvalue weighted by Gasteiger charge is -2.10. The minimum absolute atomic E-state index is 0.377. The second kappa shape index (κ2) is 8.44. The number of esters is 1. The monoisotopic (exact) mass is 343 g/mol. The Labute approximate surface area is 144 Å². The Kier molecular flexibility index (Phi) is 6.05. The summed E-state index contributed by atoms with van der Waals surface area (Å²) < 4.78 is 14.3. The van der Waals surface area contributed by atoms with Crippen molar-refractivity contribution in [3.05, 3.63) is 48.0 Å². The van der Waals surface area contributed by atoms with E-state index in [1.54, 1.807) is 36.4 Å². The molecule has 0 atom stereocenters. The molecule has 25 heavy (non-hydrogen) atoms. The van der Waals surface area contributed by atoms with Gasteiger partial charge in [-0.2, -0.15) is 0 Å². The van der Waals surface area contributed by atoms with Gasteiger partial charge in [0.1, 0.15) is 11.4 Å². The van der Waals surface area contributed by atoms with E-state index in [1.165, 1.54) is 21.3 Å². The quantitative estimate of drug-likeness (QED) is 0.649. The van der Waals surface area contributed by atoms with Gasteiger partial charge in [-0.1, -0.05) is 11.2 Å². The van der Waals surface area contributed by atoms with Crippen LogP contribution in [0.25, 0.3) is 0 Å². The van der Waals surface area contributed by atoms with Gasteiger partial charge in [0, 0.05) is 17.4 Å². The first-order chi connectivity index (χ1) is 12.1. The third kappa shape index (κ3) is 4.77. The van der Waals surface area contributed by atoms with Crippen LogP contribution in [0.5, 0.6) is 5.75 Å². The molecule has 130 valence electrons. The summed E-state index contributed by atoms with van der Waals surface area (Å²) in [5.74, 6) is 0.00146. The lowest BCUT2D eigenvalue weighted by Crippen LogP contribution is -2.01. The van der Waals surface area contributed by atoms with Crippen LogP contribution in [0.3, 0.4) is 0 Å². The molecule has 0 aliphatic heterocycles. The first kappa shape index (κ1) is 17.9. The van der Waals surface area contributed by atoms with Gasteiger partial charge in [-0.15, -0.1) is 5.11 Å². The number of azo groups is 1. The first-order valence-corrected chi connectivity index (χ1v) is 7.20. The summed E-state index contributed by atoms with van der Waals surface area (Å²) in [6.07, 6.45) is -0.802. The maximum atomic E-state index is 11.6. The van der Waals surface area contributed by atoms with Gasteiger partial charge in [-0.25, -0.2) is 9.59 Å². The molecule has 0 spiro atoms. The Hall–Kier alpha value is -3.42. The second-order valence-corrected chi connectivity index (χ2v) is 4.75. The number of amides is 1. The van der Waals surface area contributed by atoms with Gasteiger partial charge in [-0.05, 0) is 30.3 Å². The number of hydrogen-bond acceptors (Lipinski definition) is 7. The van der Waals surface area contributed by atoms with Gasteiger partial charge >= 0.3 is 12.1 Å². The average Bonchev–Trinajstić information content (AvgIpc) is 2.66. The Bertz CT molecular complexity index is 805. The van der Waals surface area contributed by atoms with E-state index in [0.29, 0.717) is 28.4 Å². The number of carbonyl (C=O) groups excluding carboxylic acids is 2. The molecular weight excluding hydrogens is 326 g/mol. The zero-order chi connectivity index (χ0) is 18.2. The zero-order valence-corrected chi connectivity index (χ0v) is 14.0. The first-order valence-electron chi connectivity index (χ1n) is 7.20. The lowest BCUT2D eigenvalue weighted by atomic mass is 10.2. The van der Waals surface area contributed by atoms with Crippen LogP contribution < -0.4 is 10.1 Å². The largest absolute Gasteiger partial charge is 0.494 e. The van der Waals surface area contributed by atoms with Crippen molar-refractivity contribution >= 4 is 29.1 Å². The number of ether oxygens (including phenoxy) is 3. The third-order valence-electron chi connectivity index (χ3n) is 3.17. The Balaban J connectivity index is 2.22. The van der Waals surface area contributed by atoms with Crippen molar-refractivity contribution in [2.75, 3.05) is 26.6 Å². The van der Waals surface area contributed by atoms with Crippen LogP contribution in [0, 0.1) is 0 Å². The Morgan fingerprint density at radius 3 is 2.40 bits per heavy atom. The lowest BCUT2D eigenvalue weighted by molar-refractivity contribution is 0.0600. The topological polar surface area (TPSA) is 98.6 Å².